The second-order valence-corrected chi connectivity index (χ2v) is 4.39. The summed E-state index contributed by atoms with van der Waals surface area (Å²) in [5.74, 6) is 1.37. The first-order valence-corrected chi connectivity index (χ1v) is 6.31. The van der Waals surface area contributed by atoms with Crippen LogP contribution in [0.5, 0.6) is 11.5 Å². The van der Waals surface area contributed by atoms with Gasteiger partial charge in [-0.1, -0.05) is 6.07 Å². The number of rotatable bonds is 7. The Bertz CT molecular complexity index is 421. The highest BCUT2D eigenvalue weighted by Gasteiger charge is 2.08. The summed E-state index contributed by atoms with van der Waals surface area (Å²) in [4.78, 5) is 11.6. The lowest BCUT2D eigenvalue weighted by molar-refractivity contribution is -0.121. The number of ether oxygens (including phenoxy) is 2. The van der Waals surface area contributed by atoms with Crippen molar-refractivity contribution in [3.05, 3.63) is 23.8 Å². The Kier molecular flexibility index (Phi) is 6.15. The minimum Gasteiger partial charge on any atom is -0.493 e. The lowest BCUT2D eigenvalue weighted by atomic mass is 10.1. The van der Waals surface area contributed by atoms with Crippen LogP contribution in [-0.2, 0) is 11.2 Å². The van der Waals surface area contributed by atoms with Crippen LogP contribution in [0.15, 0.2) is 18.2 Å². The van der Waals surface area contributed by atoms with Gasteiger partial charge in [0.1, 0.15) is 0 Å². The molecular weight excluding hydrogens is 244 g/mol. The van der Waals surface area contributed by atoms with E-state index in [1.807, 2.05) is 25.1 Å². The van der Waals surface area contributed by atoms with Crippen LogP contribution >= 0.6 is 0 Å². The number of aryl methyl sites for hydroxylation is 1. The molecule has 1 unspecified atom stereocenters. The summed E-state index contributed by atoms with van der Waals surface area (Å²) in [7, 11) is 3.19. The van der Waals surface area contributed by atoms with Gasteiger partial charge in [-0.2, -0.15) is 0 Å². The molecule has 0 aliphatic carbocycles. The third-order valence-electron chi connectivity index (χ3n) is 2.85. The quantitative estimate of drug-likeness (QED) is 0.775. The fourth-order valence-electron chi connectivity index (χ4n) is 1.70. The number of hydrogen-bond donors (Lipinski definition) is 2. The Hall–Kier alpha value is -1.75. The van der Waals surface area contributed by atoms with Crippen molar-refractivity contribution in [3.8, 4) is 11.5 Å². The van der Waals surface area contributed by atoms with Crippen LogP contribution in [-0.4, -0.2) is 32.7 Å². The maximum Gasteiger partial charge on any atom is 0.220 e. The van der Waals surface area contributed by atoms with Gasteiger partial charge in [0.25, 0.3) is 0 Å². The maximum atomic E-state index is 11.6. The molecule has 0 aliphatic heterocycles. The molecule has 0 fully saturated rings. The topological polar surface area (TPSA) is 73.6 Å². The van der Waals surface area contributed by atoms with Gasteiger partial charge < -0.3 is 20.5 Å². The van der Waals surface area contributed by atoms with Gasteiger partial charge in [-0.05, 0) is 31.0 Å². The third-order valence-corrected chi connectivity index (χ3v) is 2.85. The highest BCUT2D eigenvalue weighted by atomic mass is 16.5. The van der Waals surface area contributed by atoms with E-state index >= 15 is 0 Å². The van der Waals surface area contributed by atoms with Gasteiger partial charge in [0, 0.05) is 19.0 Å². The predicted octanol–water partition coefficient (Wildman–Crippen LogP) is 1.10. The minimum atomic E-state index is 0.00716. The predicted molar refractivity (Wildman–Crippen MR) is 74.5 cm³/mol. The number of nitrogens with two attached hydrogens (primary N) is 1. The van der Waals surface area contributed by atoms with Crippen molar-refractivity contribution in [2.24, 2.45) is 5.73 Å². The Morgan fingerprint density at radius 1 is 1.32 bits per heavy atom. The zero-order valence-corrected chi connectivity index (χ0v) is 11.7. The Morgan fingerprint density at radius 3 is 2.58 bits per heavy atom. The molecule has 0 radical (unpaired) electrons. The van der Waals surface area contributed by atoms with Crippen molar-refractivity contribution in [2.75, 3.05) is 20.8 Å². The van der Waals surface area contributed by atoms with Crippen LogP contribution in [0.3, 0.4) is 0 Å². The van der Waals surface area contributed by atoms with Crippen LogP contribution < -0.4 is 20.5 Å². The first-order valence-electron chi connectivity index (χ1n) is 6.31. The Morgan fingerprint density at radius 2 is 2.00 bits per heavy atom. The standard InChI is InChI=1S/C14H22N2O3/c1-10(9-15)16-14(17)7-5-11-4-6-12(18-2)13(8-11)19-3/h4,6,8,10H,5,7,9,15H2,1-3H3,(H,16,17). The molecule has 5 heteroatoms. The summed E-state index contributed by atoms with van der Waals surface area (Å²) in [6, 6.07) is 5.67. The van der Waals surface area contributed by atoms with Crippen molar-refractivity contribution in [1.29, 1.82) is 0 Å². The summed E-state index contributed by atoms with van der Waals surface area (Å²) in [5.41, 5.74) is 6.49. The van der Waals surface area contributed by atoms with E-state index in [0.717, 1.165) is 5.56 Å². The number of carbonyl (C=O) groups is 1. The highest BCUT2D eigenvalue weighted by Crippen LogP contribution is 2.27. The molecule has 0 heterocycles. The molecule has 3 N–H and O–H groups in total. The average molecular weight is 266 g/mol. The molecule has 19 heavy (non-hydrogen) atoms. The molecule has 0 spiro atoms. The lowest BCUT2D eigenvalue weighted by Crippen LogP contribution is -2.37. The second kappa shape index (κ2) is 7.63. The van der Waals surface area contributed by atoms with E-state index in [0.29, 0.717) is 30.9 Å². The van der Waals surface area contributed by atoms with Crippen molar-refractivity contribution in [2.45, 2.75) is 25.8 Å². The molecule has 0 aromatic heterocycles. The summed E-state index contributed by atoms with van der Waals surface area (Å²) < 4.78 is 10.4. The number of carbonyl (C=O) groups excluding carboxylic acids is 1. The van der Waals surface area contributed by atoms with E-state index in [1.54, 1.807) is 14.2 Å². The van der Waals surface area contributed by atoms with Gasteiger partial charge in [0.2, 0.25) is 5.91 Å². The maximum absolute atomic E-state index is 11.6. The Balaban J connectivity index is 2.56. The van der Waals surface area contributed by atoms with Crippen LogP contribution in [0, 0.1) is 0 Å². The molecule has 1 rings (SSSR count). The van der Waals surface area contributed by atoms with Crippen molar-refractivity contribution in [3.63, 3.8) is 0 Å². The summed E-state index contributed by atoms with van der Waals surface area (Å²) >= 11 is 0. The minimum absolute atomic E-state index is 0.00716. The SMILES string of the molecule is COc1ccc(CCC(=O)NC(C)CN)cc1OC. The molecule has 0 aliphatic rings. The number of methoxy groups -OCH3 is 2. The van der Waals surface area contributed by atoms with Gasteiger partial charge in [0.15, 0.2) is 11.5 Å². The zero-order chi connectivity index (χ0) is 14.3. The smallest absolute Gasteiger partial charge is 0.220 e. The van der Waals surface area contributed by atoms with E-state index in [1.165, 1.54) is 0 Å². The molecule has 1 atom stereocenters. The molecule has 1 amide bonds. The van der Waals surface area contributed by atoms with Crippen molar-refractivity contribution >= 4 is 5.91 Å². The van der Waals surface area contributed by atoms with E-state index in [-0.39, 0.29) is 11.9 Å². The lowest BCUT2D eigenvalue weighted by Gasteiger charge is -2.12. The number of amides is 1. The highest BCUT2D eigenvalue weighted by molar-refractivity contribution is 5.76. The second-order valence-electron chi connectivity index (χ2n) is 4.39. The van der Waals surface area contributed by atoms with Crippen LogP contribution in [0.4, 0.5) is 0 Å². The van der Waals surface area contributed by atoms with Gasteiger partial charge >= 0.3 is 0 Å². The fraction of sp³-hybridized carbons (Fsp3) is 0.500. The van der Waals surface area contributed by atoms with E-state index in [4.69, 9.17) is 15.2 Å². The normalized spacial score (nSPS) is 11.8. The molecule has 0 bridgehead atoms. The van der Waals surface area contributed by atoms with Gasteiger partial charge in [-0.3, -0.25) is 4.79 Å². The van der Waals surface area contributed by atoms with Gasteiger partial charge in [-0.25, -0.2) is 0 Å². The number of benzene rings is 1. The van der Waals surface area contributed by atoms with Crippen molar-refractivity contribution in [1.82, 2.24) is 5.32 Å². The van der Waals surface area contributed by atoms with Crippen LogP contribution in [0.25, 0.3) is 0 Å². The van der Waals surface area contributed by atoms with E-state index in [9.17, 15) is 4.79 Å². The first kappa shape index (κ1) is 15.3. The monoisotopic (exact) mass is 266 g/mol. The molecule has 1 aromatic rings. The third kappa shape index (κ3) is 4.79. The van der Waals surface area contributed by atoms with Crippen molar-refractivity contribution < 1.29 is 14.3 Å². The molecule has 0 saturated heterocycles. The largest absolute Gasteiger partial charge is 0.493 e. The van der Waals surface area contributed by atoms with Crippen LogP contribution in [0.2, 0.25) is 0 Å². The summed E-state index contributed by atoms with van der Waals surface area (Å²) in [6.45, 7) is 2.33. The number of hydrogen-bond acceptors (Lipinski definition) is 4. The Labute approximate surface area is 114 Å². The molecular formula is C14H22N2O3. The van der Waals surface area contributed by atoms with E-state index < -0.39 is 0 Å². The molecule has 106 valence electrons. The van der Waals surface area contributed by atoms with E-state index in [2.05, 4.69) is 5.32 Å². The van der Waals surface area contributed by atoms with Gasteiger partial charge in [0.05, 0.1) is 14.2 Å². The average Bonchev–Trinajstić information content (AvgIpc) is 2.44. The molecule has 0 saturated carbocycles. The summed E-state index contributed by atoms with van der Waals surface area (Å²) in [6.07, 6.45) is 1.09. The number of nitrogens with one attached hydrogen (secondary N) is 1. The van der Waals surface area contributed by atoms with Crippen LogP contribution in [0.1, 0.15) is 18.9 Å². The zero-order valence-electron chi connectivity index (χ0n) is 11.7. The fourth-order valence-corrected chi connectivity index (χ4v) is 1.70. The molecule has 1 aromatic carbocycles. The molecule has 5 nitrogen and oxygen atoms in total. The first-order chi connectivity index (χ1) is 9.10. The summed E-state index contributed by atoms with van der Waals surface area (Å²) in [5, 5.41) is 2.83. The van der Waals surface area contributed by atoms with Gasteiger partial charge in [-0.15, -0.1) is 0 Å².